The zero-order valence-electron chi connectivity index (χ0n) is 12.0. The van der Waals surface area contributed by atoms with Crippen LogP contribution >= 0.6 is 0 Å². The standard InChI is InChI=1S/C17H17FN2O/c1-12-7-8-15(11-13(12)2)20-17(21)19-10-9-14-5-3-4-6-16(14)18/h3-11H,1-2H3,(H2,19,20,21)/b10-9+. The summed E-state index contributed by atoms with van der Waals surface area (Å²) in [5.41, 5.74) is 3.41. The summed E-state index contributed by atoms with van der Waals surface area (Å²) in [5.74, 6) is -0.329. The number of benzene rings is 2. The lowest BCUT2D eigenvalue weighted by atomic mass is 10.1. The molecule has 0 spiro atoms. The lowest BCUT2D eigenvalue weighted by molar-refractivity contribution is 0.255. The average molecular weight is 284 g/mol. The number of urea groups is 1. The maximum Gasteiger partial charge on any atom is 0.323 e. The SMILES string of the molecule is Cc1ccc(NC(=O)N/C=C/c2ccccc2F)cc1C. The lowest BCUT2D eigenvalue weighted by Crippen LogP contribution is -2.23. The summed E-state index contributed by atoms with van der Waals surface area (Å²) in [7, 11) is 0. The van der Waals surface area contributed by atoms with Crippen LogP contribution in [-0.2, 0) is 0 Å². The summed E-state index contributed by atoms with van der Waals surface area (Å²) >= 11 is 0. The van der Waals surface area contributed by atoms with Gasteiger partial charge < -0.3 is 10.6 Å². The van der Waals surface area contributed by atoms with Crippen LogP contribution < -0.4 is 10.6 Å². The molecule has 0 saturated carbocycles. The Kier molecular flexibility index (Phi) is 4.72. The molecule has 0 radical (unpaired) electrons. The van der Waals surface area contributed by atoms with Crippen molar-refractivity contribution in [3.05, 3.63) is 71.2 Å². The number of nitrogens with one attached hydrogen (secondary N) is 2. The van der Waals surface area contributed by atoms with Gasteiger partial charge in [-0.1, -0.05) is 24.3 Å². The highest BCUT2D eigenvalue weighted by atomic mass is 19.1. The zero-order valence-corrected chi connectivity index (χ0v) is 12.0. The van der Waals surface area contributed by atoms with Gasteiger partial charge in [-0.05, 0) is 49.2 Å². The van der Waals surface area contributed by atoms with Crippen molar-refractivity contribution in [3.8, 4) is 0 Å². The molecule has 0 saturated heterocycles. The van der Waals surface area contributed by atoms with Gasteiger partial charge in [0.05, 0.1) is 0 Å². The van der Waals surface area contributed by atoms with Crippen LogP contribution in [0.5, 0.6) is 0 Å². The molecule has 108 valence electrons. The smallest absolute Gasteiger partial charge is 0.314 e. The van der Waals surface area contributed by atoms with Gasteiger partial charge in [0.15, 0.2) is 0 Å². The molecule has 2 N–H and O–H groups in total. The molecule has 0 aliphatic carbocycles. The van der Waals surface area contributed by atoms with Crippen LogP contribution in [0.4, 0.5) is 14.9 Å². The molecule has 0 fully saturated rings. The fourth-order valence-electron chi connectivity index (χ4n) is 1.80. The molecule has 0 aromatic heterocycles. The minimum absolute atomic E-state index is 0.329. The molecule has 4 heteroatoms. The number of rotatable bonds is 3. The van der Waals surface area contributed by atoms with Gasteiger partial charge in [-0.2, -0.15) is 0 Å². The summed E-state index contributed by atoms with van der Waals surface area (Å²) in [6.45, 7) is 3.99. The Balaban J connectivity index is 1.93. The van der Waals surface area contributed by atoms with E-state index in [1.807, 2.05) is 32.0 Å². The van der Waals surface area contributed by atoms with E-state index in [-0.39, 0.29) is 11.8 Å². The zero-order chi connectivity index (χ0) is 15.2. The van der Waals surface area contributed by atoms with Gasteiger partial charge in [-0.3, -0.25) is 0 Å². The summed E-state index contributed by atoms with van der Waals surface area (Å²) in [4.78, 5) is 11.7. The number of carbonyl (C=O) groups is 1. The average Bonchev–Trinajstić information content (AvgIpc) is 2.45. The quantitative estimate of drug-likeness (QED) is 0.870. The summed E-state index contributed by atoms with van der Waals surface area (Å²) < 4.78 is 13.4. The van der Waals surface area contributed by atoms with E-state index in [0.29, 0.717) is 5.56 Å². The molecule has 0 aliphatic heterocycles. The normalized spacial score (nSPS) is 10.6. The van der Waals surface area contributed by atoms with E-state index in [9.17, 15) is 9.18 Å². The van der Waals surface area contributed by atoms with Gasteiger partial charge in [-0.15, -0.1) is 0 Å². The first-order valence-electron chi connectivity index (χ1n) is 6.62. The fraction of sp³-hybridized carbons (Fsp3) is 0.118. The second-order valence-electron chi connectivity index (χ2n) is 4.75. The number of aryl methyl sites for hydroxylation is 2. The first-order valence-corrected chi connectivity index (χ1v) is 6.62. The van der Waals surface area contributed by atoms with E-state index in [1.165, 1.54) is 23.9 Å². The molecular weight excluding hydrogens is 267 g/mol. The summed E-state index contributed by atoms with van der Waals surface area (Å²) in [6.07, 6.45) is 2.92. The minimum atomic E-state index is -0.370. The Morgan fingerprint density at radius 2 is 1.86 bits per heavy atom. The van der Waals surface area contributed by atoms with E-state index in [0.717, 1.165) is 11.3 Å². The molecule has 21 heavy (non-hydrogen) atoms. The van der Waals surface area contributed by atoms with Crippen LogP contribution in [-0.4, -0.2) is 6.03 Å². The molecule has 2 aromatic rings. The Labute approximate surface area is 123 Å². The van der Waals surface area contributed by atoms with Crippen molar-refractivity contribution < 1.29 is 9.18 Å². The Morgan fingerprint density at radius 3 is 2.57 bits per heavy atom. The first-order chi connectivity index (χ1) is 10.1. The number of hydrogen-bond acceptors (Lipinski definition) is 1. The Morgan fingerprint density at radius 1 is 1.10 bits per heavy atom. The van der Waals surface area contributed by atoms with Crippen molar-refractivity contribution in [1.29, 1.82) is 0 Å². The van der Waals surface area contributed by atoms with Gasteiger partial charge >= 0.3 is 6.03 Å². The molecule has 2 aromatic carbocycles. The van der Waals surface area contributed by atoms with Crippen LogP contribution in [0.3, 0.4) is 0 Å². The molecule has 0 atom stereocenters. The molecule has 3 nitrogen and oxygen atoms in total. The highest BCUT2D eigenvalue weighted by molar-refractivity contribution is 5.90. The minimum Gasteiger partial charge on any atom is -0.314 e. The van der Waals surface area contributed by atoms with Crippen LogP contribution in [0.2, 0.25) is 0 Å². The van der Waals surface area contributed by atoms with Crippen molar-refractivity contribution in [2.75, 3.05) is 5.32 Å². The Bertz CT molecular complexity index is 680. The lowest BCUT2D eigenvalue weighted by Gasteiger charge is -2.07. The van der Waals surface area contributed by atoms with Crippen molar-refractivity contribution in [3.63, 3.8) is 0 Å². The highest BCUT2D eigenvalue weighted by Crippen LogP contribution is 2.14. The van der Waals surface area contributed by atoms with Crippen LogP contribution in [0.25, 0.3) is 6.08 Å². The number of carbonyl (C=O) groups excluding carboxylic acids is 1. The fourth-order valence-corrected chi connectivity index (χ4v) is 1.80. The molecule has 2 rings (SSSR count). The van der Waals surface area contributed by atoms with Gasteiger partial charge in [0, 0.05) is 17.5 Å². The largest absolute Gasteiger partial charge is 0.323 e. The van der Waals surface area contributed by atoms with Gasteiger partial charge in [0.1, 0.15) is 5.82 Å². The Hall–Kier alpha value is -2.62. The third kappa shape index (κ3) is 4.18. The van der Waals surface area contributed by atoms with E-state index >= 15 is 0 Å². The highest BCUT2D eigenvalue weighted by Gasteiger charge is 2.01. The van der Waals surface area contributed by atoms with Gasteiger partial charge in [-0.25, -0.2) is 9.18 Å². The van der Waals surface area contributed by atoms with E-state index in [1.54, 1.807) is 18.2 Å². The van der Waals surface area contributed by atoms with E-state index in [4.69, 9.17) is 0 Å². The predicted molar refractivity (Wildman–Crippen MR) is 83.5 cm³/mol. The maximum absolute atomic E-state index is 13.4. The maximum atomic E-state index is 13.4. The molecule has 0 heterocycles. The van der Waals surface area contributed by atoms with Gasteiger partial charge in [0.2, 0.25) is 0 Å². The second kappa shape index (κ2) is 6.70. The van der Waals surface area contributed by atoms with Crippen molar-refractivity contribution in [2.24, 2.45) is 0 Å². The first kappa shape index (κ1) is 14.8. The molecule has 0 bridgehead atoms. The molecule has 0 aliphatic rings. The number of anilines is 1. The van der Waals surface area contributed by atoms with Crippen LogP contribution in [0.15, 0.2) is 48.7 Å². The van der Waals surface area contributed by atoms with E-state index in [2.05, 4.69) is 10.6 Å². The third-order valence-electron chi connectivity index (χ3n) is 3.15. The molecular formula is C17H17FN2O. The van der Waals surface area contributed by atoms with E-state index < -0.39 is 0 Å². The number of halogens is 1. The molecule has 0 unspecified atom stereocenters. The summed E-state index contributed by atoms with van der Waals surface area (Å²) in [5, 5.41) is 5.26. The van der Waals surface area contributed by atoms with Crippen molar-refractivity contribution >= 4 is 17.8 Å². The summed E-state index contributed by atoms with van der Waals surface area (Å²) in [6, 6.07) is 11.7. The van der Waals surface area contributed by atoms with Crippen molar-refractivity contribution in [1.82, 2.24) is 5.32 Å². The molecule has 2 amide bonds. The topological polar surface area (TPSA) is 41.1 Å². The van der Waals surface area contributed by atoms with Crippen LogP contribution in [0.1, 0.15) is 16.7 Å². The monoisotopic (exact) mass is 284 g/mol. The third-order valence-corrected chi connectivity index (χ3v) is 3.15. The second-order valence-corrected chi connectivity index (χ2v) is 4.75. The van der Waals surface area contributed by atoms with Crippen molar-refractivity contribution in [2.45, 2.75) is 13.8 Å². The van der Waals surface area contributed by atoms with Gasteiger partial charge in [0.25, 0.3) is 0 Å². The number of amides is 2. The predicted octanol–water partition coefficient (Wildman–Crippen LogP) is 4.23. The number of hydrogen-bond donors (Lipinski definition) is 2. The van der Waals surface area contributed by atoms with Crippen LogP contribution in [0, 0.1) is 19.7 Å².